The summed E-state index contributed by atoms with van der Waals surface area (Å²) < 4.78 is 5.96. The third kappa shape index (κ3) is 3.17. The molecule has 0 spiro atoms. The standard InChI is InChI=1S/C13H21N3O/c14-9-12(15)11-7-4-8-16-13(11)17-10-5-2-1-3-6-10/h4,7-8,10,12H,1-3,5-6,9,14-15H2. The maximum absolute atomic E-state index is 5.96. The van der Waals surface area contributed by atoms with Crippen molar-refractivity contribution in [1.29, 1.82) is 0 Å². The predicted octanol–water partition coefficient (Wildman–Crippen LogP) is 1.75. The van der Waals surface area contributed by atoms with E-state index in [1.165, 1.54) is 19.3 Å². The molecule has 0 aliphatic heterocycles. The van der Waals surface area contributed by atoms with Crippen molar-refractivity contribution in [3.63, 3.8) is 0 Å². The van der Waals surface area contributed by atoms with Crippen molar-refractivity contribution in [3.8, 4) is 5.88 Å². The highest BCUT2D eigenvalue weighted by Crippen LogP contribution is 2.26. The first-order valence-corrected chi connectivity index (χ1v) is 6.38. The van der Waals surface area contributed by atoms with E-state index in [4.69, 9.17) is 16.2 Å². The van der Waals surface area contributed by atoms with Crippen molar-refractivity contribution >= 4 is 0 Å². The van der Waals surface area contributed by atoms with Crippen LogP contribution in [0.25, 0.3) is 0 Å². The molecule has 1 aliphatic carbocycles. The minimum Gasteiger partial charge on any atom is -0.474 e. The van der Waals surface area contributed by atoms with Crippen molar-refractivity contribution in [2.24, 2.45) is 11.5 Å². The zero-order chi connectivity index (χ0) is 12.1. The summed E-state index contributed by atoms with van der Waals surface area (Å²) >= 11 is 0. The van der Waals surface area contributed by atoms with Gasteiger partial charge in [0, 0.05) is 24.3 Å². The summed E-state index contributed by atoms with van der Waals surface area (Å²) in [6, 6.07) is 3.63. The molecular weight excluding hydrogens is 214 g/mol. The van der Waals surface area contributed by atoms with Crippen molar-refractivity contribution in [2.45, 2.75) is 44.2 Å². The molecule has 1 heterocycles. The Hall–Kier alpha value is -1.13. The zero-order valence-corrected chi connectivity index (χ0v) is 10.1. The van der Waals surface area contributed by atoms with Gasteiger partial charge in [0.05, 0.1) is 0 Å². The van der Waals surface area contributed by atoms with E-state index in [1.54, 1.807) is 6.20 Å². The molecule has 0 saturated heterocycles. The van der Waals surface area contributed by atoms with Crippen molar-refractivity contribution in [2.75, 3.05) is 6.54 Å². The SMILES string of the molecule is NCC(N)c1cccnc1OC1CCCCC1. The Labute approximate surface area is 102 Å². The lowest BCUT2D eigenvalue weighted by Crippen LogP contribution is -2.25. The Morgan fingerprint density at radius 2 is 2.12 bits per heavy atom. The second kappa shape index (κ2) is 5.98. The molecule has 0 radical (unpaired) electrons. The van der Waals surface area contributed by atoms with Gasteiger partial charge in [0.15, 0.2) is 0 Å². The van der Waals surface area contributed by atoms with Gasteiger partial charge in [-0.05, 0) is 31.7 Å². The molecule has 1 unspecified atom stereocenters. The summed E-state index contributed by atoms with van der Waals surface area (Å²) in [4.78, 5) is 4.28. The Morgan fingerprint density at radius 3 is 2.82 bits per heavy atom. The first kappa shape index (κ1) is 12.3. The lowest BCUT2D eigenvalue weighted by Gasteiger charge is -2.24. The molecule has 1 aromatic heterocycles. The molecule has 4 N–H and O–H groups in total. The van der Waals surface area contributed by atoms with E-state index in [-0.39, 0.29) is 6.04 Å². The first-order chi connectivity index (χ1) is 8.31. The fraction of sp³-hybridized carbons (Fsp3) is 0.615. The van der Waals surface area contributed by atoms with Crippen LogP contribution in [0.5, 0.6) is 5.88 Å². The highest BCUT2D eigenvalue weighted by Gasteiger charge is 2.18. The Balaban J connectivity index is 2.08. The molecule has 1 saturated carbocycles. The smallest absolute Gasteiger partial charge is 0.218 e. The van der Waals surface area contributed by atoms with Crippen LogP contribution in [0.2, 0.25) is 0 Å². The summed E-state index contributed by atoms with van der Waals surface area (Å²) in [5, 5.41) is 0. The predicted molar refractivity (Wildman–Crippen MR) is 67.7 cm³/mol. The second-order valence-electron chi connectivity index (χ2n) is 4.62. The number of hydrogen-bond donors (Lipinski definition) is 2. The van der Waals surface area contributed by atoms with Crippen LogP contribution in [0.1, 0.15) is 43.7 Å². The molecule has 4 nitrogen and oxygen atoms in total. The van der Waals surface area contributed by atoms with Crippen LogP contribution in [-0.4, -0.2) is 17.6 Å². The summed E-state index contributed by atoms with van der Waals surface area (Å²) in [7, 11) is 0. The summed E-state index contributed by atoms with van der Waals surface area (Å²) in [6.07, 6.45) is 8.08. The van der Waals surface area contributed by atoms with Gasteiger partial charge in [-0.1, -0.05) is 12.5 Å². The first-order valence-electron chi connectivity index (χ1n) is 6.38. The van der Waals surface area contributed by atoms with Gasteiger partial charge >= 0.3 is 0 Å². The number of ether oxygens (including phenoxy) is 1. The molecule has 0 aromatic carbocycles. The van der Waals surface area contributed by atoms with Gasteiger partial charge in [0.1, 0.15) is 6.10 Å². The average Bonchev–Trinajstić information content (AvgIpc) is 2.40. The van der Waals surface area contributed by atoms with Crippen LogP contribution < -0.4 is 16.2 Å². The molecule has 1 fully saturated rings. The van der Waals surface area contributed by atoms with E-state index < -0.39 is 0 Å². The van der Waals surface area contributed by atoms with Crippen LogP contribution >= 0.6 is 0 Å². The largest absolute Gasteiger partial charge is 0.474 e. The molecule has 4 heteroatoms. The number of rotatable bonds is 4. The van der Waals surface area contributed by atoms with Gasteiger partial charge in [-0.25, -0.2) is 4.98 Å². The molecule has 17 heavy (non-hydrogen) atoms. The summed E-state index contributed by atoms with van der Waals surface area (Å²) in [6.45, 7) is 0.409. The normalized spacial score (nSPS) is 18.9. The van der Waals surface area contributed by atoms with E-state index >= 15 is 0 Å². The van der Waals surface area contributed by atoms with Crippen LogP contribution in [0.15, 0.2) is 18.3 Å². The van der Waals surface area contributed by atoms with Gasteiger partial charge in [-0.2, -0.15) is 0 Å². The highest BCUT2D eigenvalue weighted by molar-refractivity contribution is 5.29. The quantitative estimate of drug-likeness (QED) is 0.833. The summed E-state index contributed by atoms with van der Waals surface area (Å²) in [5.74, 6) is 0.664. The minimum absolute atomic E-state index is 0.192. The van der Waals surface area contributed by atoms with Gasteiger partial charge in [0.25, 0.3) is 0 Å². The van der Waals surface area contributed by atoms with Crippen LogP contribution in [-0.2, 0) is 0 Å². The topological polar surface area (TPSA) is 74.2 Å². The molecule has 1 aromatic rings. The van der Waals surface area contributed by atoms with Crippen LogP contribution in [0.3, 0.4) is 0 Å². The Bertz CT molecular complexity index is 350. The van der Waals surface area contributed by atoms with E-state index in [9.17, 15) is 0 Å². The molecule has 0 bridgehead atoms. The highest BCUT2D eigenvalue weighted by atomic mass is 16.5. The number of aromatic nitrogens is 1. The van der Waals surface area contributed by atoms with E-state index in [0.29, 0.717) is 18.5 Å². The van der Waals surface area contributed by atoms with Gasteiger partial charge in [0.2, 0.25) is 5.88 Å². The monoisotopic (exact) mass is 235 g/mol. The fourth-order valence-electron chi connectivity index (χ4n) is 2.25. The lowest BCUT2D eigenvalue weighted by molar-refractivity contribution is 0.146. The third-order valence-corrected chi connectivity index (χ3v) is 3.28. The Morgan fingerprint density at radius 1 is 1.35 bits per heavy atom. The van der Waals surface area contributed by atoms with E-state index in [1.807, 2.05) is 12.1 Å². The van der Waals surface area contributed by atoms with Gasteiger partial charge < -0.3 is 16.2 Å². The van der Waals surface area contributed by atoms with Crippen molar-refractivity contribution < 1.29 is 4.74 Å². The Kier molecular flexibility index (Phi) is 4.34. The maximum Gasteiger partial charge on any atom is 0.218 e. The van der Waals surface area contributed by atoms with Crippen LogP contribution in [0, 0.1) is 0 Å². The lowest BCUT2D eigenvalue weighted by atomic mass is 9.98. The maximum atomic E-state index is 5.96. The number of hydrogen-bond acceptors (Lipinski definition) is 4. The molecular formula is C13H21N3O. The van der Waals surface area contributed by atoms with Gasteiger partial charge in [-0.3, -0.25) is 0 Å². The minimum atomic E-state index is -0.192. The second-order valence-corrected chi connectivity index (χ2v) is 4.62. The fourth-order valence-corrected chi connectivity index (χ4v) is 2.25. The summed E-state index contributed by atoms with van der Waals surface area (Å²) in [5.41, 5.74) is 12.5. The molecule has 2 rings (SSSR count). The number of nitrogens with zero attached hydrogens (tertiary/aromatic N) is 1. The van der Waals surface area contributed by atoms with E-state index in [0.717, 1.165) is 18.4 Å². The van der Waals surface area contributed by atoms with E-state index in [2.05, 4.69) is 4.98 Å². The third-order valence-electron chi connectivity index (χ3n) is 3.28. The molecule has 1 aliphatic rings. The molecule has 1 atom stereocenters. The molecule has 0 amide bonds. The van der Waals surface area contributed by atoms with Gasteiger partial charge in [-0.15, -0.1) is 0 Å². The van der Waals surface area contributed by atoms with Crippen molar-refractivity contribution in [1.82, 2.24) is 4.98 Å². The van der Waals surface area contributed by atoms with Crippen LogP contribution in [0.4, 0.5) is 0 Å². The zero-order valence-electron chi connectivity index (χ0n) is 10.1. The molecule has 94 valence electrons. The van der Waals surface area contributed by atoms with Crippen molar-refractivity contribution in [3.05, 3.63) is 23.9 Å². The average molecular weight is 235 g/mol. The number of pyridine rings is 1. The number of nitrogens with two attached hydrogens (primary N) is 2.